The lowest BCUT2D eigenvalue weighted by molar-refractivity contribution is -0.122. The number of thioether (sulfide) groups is 1. The minimum Gasteiger partial charge on any atom is -0.497 e. The van der Waals surface area contributed by atoms with Crippen LogP contribution < -0.4 is 14.4 Å². The minimum absolute atomic E-state index is 0.259. The van der Waals surface area contributed by atoms with Gasteiger partial charge in [-0.3, -0.25) is 9.10 Å². The van der Waals surface area contributed by atoms with E-state index in [-0.39, 0.29) is 5.91 Å². The number of methoxy groups -OCH3 is 1. The van der Waals surface area contributed by atoms with Gasteiger partial charge in [0.1, 0.15) is 11.8 Å². The molecule has 1 amide bonds. The zero-order valence-corrected chi connectivity index (χ0v) is 17.9. The first-order valence-electron chi connectivity index (χ1n) is 9.39. The Balaban J connectivity index is 2.03. The van der Waals surface area contributed by atoms with Crippen molar-refractivity contribution in [3.63, 3.8) is 0 Å². The van der Waals surface area contributed by atoms with Crippen LogP contribution in [0.1, 0.15) is 39.0 Å². The van der Waals surface area contributed by atoms with Crippen molar-refractivity contribution in [1.82, 2.24) is 5.32 Å². The molecule has 8 heteroatoms. The fourth-order valence-corrected chi connectivity index (χ4v) is 5.79. The number of benzene rings is 1. The average molecular weight is 415 g/mol. The van der Waals surface area contributed by atoms with E-state index in [9.17, 15) is 13.2 Å². The first kappa shape index (κ1) is 21.9. The van der Waals surface area contributed by atoms with E-state index in [4.69, 9.17) is 4.74 Å². The molecule has 0 saturated heterocycles. The van der Waals surface area contributed by atoms with Crippen LogP contribution in [0.3, 0.4) is 0 Å². The molecule has 27 heavy (non-hydrogen) atoms. The standard InChI is InChI=1S/C19H30N2O4S2/c1-4-18(19(22)20-13-14-26-17-7-5-6-8-17)21(27(3,23)24)15-9-11-16(25-2)12-10-15/h9-12,17-18H,4-8,13-14H2,1-3H3,(H,20,22)/t18-/m1/s1. The van der Waals surface area contributed by atoms with Crippen LogP contribution in [-0.2, 0) is 14.8 Å². The summed E-state index contributed by atoms with van der Waals surface area (Å²) in [7, 11) is -2.06. The van der Waals surface area contributed by atoms with E-state index in [0.717, 1.165) is 12.0 Å². The third-order valence-corrected chi connectivity index (χ3v) is 7.28. The summed E-state index contributed by atoms with van der Waals surface area (Å²) in [6, 6.07) is 5.93. The summed E-state index contributed by atoms with van der Waals surface area (Å²) in [4.78, 5) is 12.7. The Hall–Kier alpha value is -1.41. The van der Waals surface area contributed by atoms with Crippen molar-refractivity contribution in [3.8, 4) is 5.75 Å². The van der Waals surface area contributed by atoms with Gasteiger partial charge in [-0.05, 0) is 43.5 Å². The van der Waals surface area contributed by atoms with Crippen LogP contribution in [0.25, 0.3) is 0 Å². The summed E-state index contributed by atoms with van der Waals surface area (Å²) in [6.07, 6.45) is 6.63. The normalized spacial score (nSPS) is 16.1. The quantitative estimate of drug-likeness (QED) is 0.596. The Morgan fingerprint density at radius 3 is 2.44 bits per heavy atom. The summed E-state index contributed by atoms with van der Waals surface area (Å²) >= 11 is 1.90. The highest BCUT2D eigenvalue weighted by Gasteiger charge is 2.31. The number of hydrogen-bond donors (Lipinski definition) is 1. The third-order valence-electron chi connectivity index (χ3n) is 4.71. The molecule has 152 valence electrons. The van der Waals surface area contributed by atoms with Crippen molar-refractivity contribution in [2.45, 2.75) is 50.3 Å². The van der Waals surface area contributed by atoms with E-state index in [1.165, 1.54) is 30.0 Å². The second-order valence-electron chi connectivity index (χ2n) is 6.75. The molecule has 1 N–H and O–H groups in total. The molecule has 1 aliphatic rings. The number of nitrogens with one attached hydrogen (secondary N) is 1. The summed E-state index contributed by atoms with van der Waals surface area (Å²) in [5, 5.41) is 3.62. The second kappa shape index (κ2) is 10.2. The van der Waals surface area contributed by atoms with Crippen LogP contribution in [0, 0.1) is 0 Å². The van der Waals surface area contributed by atoms with Gasteiger partial charge in [0.2, 0.25) is 15.9 Å². The largest absolute Gasteiger partial charge is 0.497 e. The predicted octanol–water partition coefficient (Wildman–Crippen LogP) is 3.03. The molecule has 0 unspecified atom stereocenters. The van der Waals surface area contributed by atoms with E-state index in [1.54, 1.807) is 31.4 Å². The van der Waals surface area contributed by atoms with Crippen molar-refractivity contribution in [2.24, 2.45) is 0 Å². The molecule has 1 fully saturated rings. The van der Waals surface area contributed by atoms with Gasteiger partial charge < -0.3 is 10.1 Å². The fourth-order valence-electron chi connectivity index (χ4n) is 3.36. The lowest BCUT2D eigenvalue weighted by atomic mass is 10.2. The van der Waals surface area contributed by atoms with Gasteiger partial charge in [0.05, 0.1) is 19.1 Å². The van der Waals surface area contributed by atoms with Crippen molar-refractivity contribution < 1.29 is 17.9 Å². The molecule has 2 rings (SSSR count). The van der Waals surface area contributed by atoms with Crippen LogP contribution in [0.4, 0.5) is 5.69 Å². The van der Waals surface area contributed by atoms with Gasteiger partial charge in [-0.15, -0.1) is 0 Å². The van der Waals surface area contributed by atoms with Crippen molar-refractivity contribution in [2.75, 3.05) is 30.0 Å². The predicted molar refractivity (Wildman–Crippen MR) is 112 cm³/mol. The molecule has 0 heterocycles. The van der Waals surface area contributed by atoms with Gasteiger partial charge >= 0.3 is 0 Å². The Morgan fingerprint density at radius 2 is 1.93 bits per heavy atom. The number of amides is 1. The Bertz CT molecular complexity index is 701. The molecular weight excluding hydrogens is 384 g/mol. The van der Waals surface area contributed by atoms with Crippen molar-refractivity contribution >= 4 is 33.4 Å². The Kier molecular flexibility index (Phi) is 8.28. The molecule has 0 aliphatic heterocycles. The summed E-state index contributed by atoms with van der Waals surface area (Å²) in [5.41, 5.74) is 0.459. The van der Waals surface area contributed by atoms with Gasteiger partial charge in [-0.25, -0.2) is 8.42 Å². The maximum atomic E-state index is 12.7. The smallest absolute Gasteiger partial charge is 0.243 e. The monoisotopic (exact) mass is 414 g/mol. The zero-order chi connectivity index (χ0) is 19.9. The number of sulfonamides is 1. The maximum Gasteiger partial charge on any atom is 0.243 e. The van der Waals surface area contributed by atoms with Gasteiger partial charge in [0.25, 0.3) is 0 Å². The van der Waals surface area contributed by atoms with Gasteiger partial charge in [0.15, 0.2) is 0 Å². The highest BCUT2D eigenvalue weighted by molar-refractivity contribution is 7.99. The number of anilines is 1. The number of carbonyl (C=O) groups is 1. The van der Waals surface area contributed by atoms with Crippen LogP contribution in [-0.4, -0.2) is 51.3 Å². The molecule has 1 atom stereocenters. The molecule has 1 aromatic rings. The number of rotatable bonds is 10. The fraction of sp³-hybridized carbons (Fsp3) is 0.632. The topological polar surface area (TPSA) is 75.7 Å². The van der Waals surface area contributed by atoms with Crippen LogP contribution in [0.15, 0.2) is 24.3 Å². The van der Waals surface area contributed by atoms with Crippen molar-refractivity contribution in [3.05, 3.63) is 24.3 Å². The van der Waals surface area contributed by atoms with Crippen molar-refractivity contribution in [1.29, 1.82) is 0 Å². The maximum absolute atomic E-state index is 12.7. The van der Waals surface area contributed by atoms with Crippen LogP contribution in [0.2, 0.25) is 0 Å². The van der Waals surface area contributed by atoms with E-state index >= 15 is 0 Å². The van der Waals surface area contributed by atoms with E-state index in [0.29, 0.717) is 29.7 Å². The lowest BCUT2D eigenvalue weighted by Gasteiger charge is -2.30. The summed E-state index contributed by atoms with van der Waals surface area (Å²) < 4.78 is 31.1. The summed E-state index contributed by atoms with van der Waals surface area (Å²) in [6.45, 7) is 2.37. The molecule has 6 nitrogen and oxygen atoms in total. The van der Waals surface area contributed by atoms with E-state index in [1.807, 2.05) is 18.7 Å². The summed E-state index contributed by atoms with van der Waals surface area (Å²) in [5.74, 6) is 1.23. The average Bonchev–Trinajstić information content (AvgIpc) is 3.15. The van der Waals surface area contributed by atoms with E-state index in [2.05, 4.69) is 5.32 Å². The molecule has 1 saturated carbocycles. The van der Waals surface area contributed by atoms with Gasteiger partial charge in [-0.1, -0.05) is 19.8 Å². The highest BCUT2D eigenvalue weighted by atomic mass is 32.2. The molecule has 1 aromatic carbocycles. The third kappa shape index (κ3) is 6.31. The molecule has 0 spiro atoms. The highest BCUT2D eigenvalue weighted by Crippen LogP contribution is 2.29. The molecular formula is C19H30N2O4S2. The Morgan fingerprint density at radius 1 is 1.30 bits per heavy atom. The lowest BCUT2D eigenvalue weighted by Crippen LogP contribution is -2.49. The van der Waals surface area contributed by atoms with Crippen LogP contribution in [0.5, 0.6) is 5.75 Å². The van der Waals surface area contributed by atoms with Crippen LogP contribution >= 0.6 is 11.8 Å². The first-order valence-corrected chi connectivity index (χ1v) is 12.3. The molecule has 0 bridgehead atoms. The molecule has 0 aromatic heterocycles. The van der Waals surface area contributed by atoms with Gasteiger partial charge in [-0.2, -0.15) is 11.8 Å². The first-order chi connectivity index (χ1) is 12.9. The number of hydrogen-bond acceptors (Lipinski definition) is 5. The zero-order valence-electron chi connectivity index (χ0n) is 16.3. The van der Waals surface area contributed by atoms with Gasteiger partial charge in [0, 0.05) is 17.5 Å². The Labute approximate surface area is 167 Å². The number of nitrogens with zero attached hydrogens (tertiary/aromatic N) is 1. The second-order valence-corrected chi connectivity index (χ2v) is 10.0. The van der Waals surface area contributed by atoms with E-state index < -0.39 is 16.1 Å². The molecule has 0 radical (unpaired) electrons. The number of ether oxygens (including phenoxy) is 1. The molecule has 1 aliphatic carbocycles. The minimum atomic E-state index is -3.61. The SMILES string of the molecule is CC[C@H](C(=O)NCCSC1CCCC1)N(c1ccc(OC)cc1)S(C)(=O)=O. The number of carbonyl (C=O) groups excluding carboxylic acids is 1.